The summed E-state index contributed by atoms with van der Waals surface area (Å²) in [6, 6.07) is 0.333. The van der Waals surface area contributed by atoms with Crippen LogP contribution in [0, 0.1) is 0 Å². The Morgan fingerprint density at radius 1 is 1.46 bits per heavy atom. The fourth-order valence-corrected chi connectivity index (χ4v) is 1.22. The number of rotatable bonds is 6. The van der Waals surface area contributed by atoms with E-state index in [2.05, 4.69) is 33.2 Å². The normalized spacial score (nSPS) is 13.4. The fourth-order valence-electron chi connectivity index (χ4n) is 0.760. The first-order valence-corrected chi connectivity index (χ1v) is 5.56. The standard InChI is InChI=1S/C9H18FIN2/c1-7(2)13-6-8(10)9(11)4-5-12-3/h7,12-13H,4-6H2,1-3H3/b9-8-. The molecule has 0 saturated carbocycles. The molecule has 0 aliphatic rings. The Bertz CT molecular complexity index is 169. The molecule has 0 aliphatic heterocycles. The summed E-state index contributed by atoms with van der Waals surface area (Å²) >= 11 is 2.06. The summed E-state index contributed by atoms with van der Waals surface area (Å²) in [7, 11) is 1.87. The molecule has 2 nitrogen and oxygen atoms in total. The van der Waals surface area contributed by atoms with Crippen molar-refractivity contribution in [2.45, 2.75) is 26.3 Å². The van der Waals surface area contributed by atoms with Crippen molar-refractivity contribution in [3.05, 3.63) is 9.41 Å². The molecule has 0 saturated heterocycles. The van der Waals surface area contributed by atoms with Crippen LogP contribution >= 0.6 is 22.6 Å². The van der Waals surface area contributed by atoms with Crippen LogP contribution in [0.25, 0.3) is 0 Å². The number of nitrogens with one attached hydrogen (secondary N) is 2. The molecule has 0 aromatic carbocycles. The first kappa shape index (κ1) is 13.3. The van der Waals surface area contributed by atoms with Crippen molar-refractivity contribution in [1.29, 1.82) is 0 Å². The van der Waals surface area contributed by atoms with E-state index in [-0.39, 0.29) is 5.83 Å². The zero-order chi connectivity index (χ0) is 10.3. The third kappa shape index (κ3) is 7.40. The molecule has 0 amide bonds. The van der Waals surface area contributed by atoms with Crippen molar-refractivity contribution in [3.63, 3.8) is 0 Å². The lowest BCUT2D eigenvalue weighted by Crippen LogP contribution is -2.24. The van der Waals surface area contributed by atoms with Gasteiger partial charge in [0.25, 0.3) is 0 Å². The van der Waals surface area contributed by atoms with Crippen molar-refractivity contribution >= 4 is 22.6 Å². The maximum Gasteiger partial charge on any atom is 0.123 e. The molecule has 78 valence electrons. The summed E-state index contributed by atoms with van der Waals surface area (Å²) in [4.78, 5) is 0. The molecule has 0 bridgehead atoms. The van der Waals surface area contributed by atoms with Gasteiger partial charge < -0.3 is 10.6 Å². The van der Waals surface area contributed by atoms with Gasteiger partial charge in [0.15, 0.2) is 0 Å². The first-order valence-electron chi connectivity index (χ1n) is 4.49. The molecule has 0 rings (SSSR count). The summed E-state index contributed by atoms with van der Waals surface area (Å²) in [5.41, 5.74) is 0. The molecule has 4 heteroatoms. The zero-order valence-corrected chi connectivity index (χ0v) is 10.6. The van der Waals surface area contributed by atoms with E-state index in [4.69, 9.17) is 0 Å². The van der Waals surface area contributed by atoms with Gasteiger partial charge in [0.1, 0.15) is 5.83 Å². The summed E-state index contributed by atoms with van der Waals surface area (Å²) in [5, 5.41) is 6.04. The minimum absolute atomic E-state index is 0.0375. The van der Waals surface area contributed by atoms with E-state index in [1.165, 1.54) is 0 Å². The van der Waals surface area contributed by atoms with Crippen molar-refractivity contribution in [2.24, 2.45) is 0 Å². The van der Waals surface area contributed by atoms with Crippen molar-refractivity contribution in [1.82, 2.24) is 10.6 Å². The van der Waals surface area contributed by atoms with E-state index in [1.807, 2.05) is 20.9 Å². The Balaban J connectivity index is 3.81. The van der Waals surface area contributed by atoms with Gasteiger partial charge >= 0.3 is 0 Å². The quantitative estimate of drug-likeness (QED) is 0.735. The van der Waals surface area contributed by atoms with E-state index in [0.29, 0.717) is 12.6 Å². The number of hydrogen-bond acceptors (Lipinski definition) is 2. The third-order valence-corrected chi connectivity index (χ3v) is 2.68. The largest absolute Gasteiger partial charge is 0.319 e. The highest BCUT2D eigenvalue weighted by molar-refractivity contribution is 14.1. The van der Waals surface area contributed by atoms with E-state index in [0.717, 1.165) is 16.5 Å². The van der Waals surface area contributed by atoms with Gasteiger partial charge in [0, 0.05) is 16.2 Å². The molecule has 0 atom stereocenters. The molecular formula is C9H18FIN2. The minimum atomic E-state index is -0.0375. The number of hydrogen-bond donors (Lipinski definition) is 2. The van der Waals surface area contributed by atoms with Crippen LogP contribution in [-0.4, -0.2) is 26.2 Å². The van der Waals surface area contributed by atoms with Crippen LogP contribution in [-0.2, 0) is 0 Å². The van der Waals surface area contributed by atoms with Crippen LogP contribution in [0.1, 0.15) is 20.3 Å². The molecule has 0 heterocycles. The second-order valence-corrected chi connectivity index (χ2v) is 4.50. The van der Waals surface area contributed by atoms with E-state index in [9.17, 15) is 4.39 Å². The molecule has 0 spiro atoms. The highest BCUT2D eigenvalue weighted by Crippen LogP contribution is 2.16. The Morgan fingerprint density at radius 2 is 2.08 bits per heavy atom. The summed E-state index contributed by atoms with van der Waals surface area (Å²) in [6.45, 7) is 5.19. The predicted molar refractivity (Wildman–Crippen MR) is 63.8 cm³/mol. The van der Waals surface area contributed by atoms with Gasteiger partial charge in [-0.1, -0.05) is 13.8 Å². The molecule has 0 fully saturated rings. The molecule has 2 N–H and O–H groups in total. The molecule has 0 aliphatic carbocycles. The molecule has 0 unspecified atom stereocenters. The predicted octanol–water partition coefficient (Wildman–Crippen LogP) is 2.21. The molecule has 13 heavy (non-hydrogen) atoms. The van der Waals surface area contributed by atoms with Crippen LogP contribution < -0.4 is 10.6 Å². The molecule has 0 radical (unpaired) electrons. The highest BCUT2D eigenvalue weighted by Gasteiger charge is 2.03. The summed E-state index contributed by atoms with van der Waals surface area (Å²) in [5.74, 6) is -0.0375. The second kappa shape index (κ2) is 7.70. The van der Waals surface area contributed by atoms with Crippen molar-refractivity contribution in [3.8, 4) is 0 Å². The SMILES string of the molecule is CNCC/C(I)=C(/F)CNC(C)C. The molecular weight excluding hydrogens is 282 g/mol. The Kier molecular flexibility index (Phi) is 7.89. The average molecular weight is 300 g/mol. The van der Waals surface area contributed by atoms with Gasteiger partial charge in [-0.15, -0.1) is 0 Å². The molecule has 0 aromatic rings. The van der Waals surface area contributed by atoms with E-state index < -0.39 is 0 Å². The molecule has 0 aromatic heterocycles. The summed E-state index contributed by atoms with van der Waals surface area (Å²) < 4.78 is 14.1. The van der Waals surface area contributed by atoms with Crippen LogP contribution in [0.4, 0.5) is 4.39 Å². The lowest BCUT2D eigenvalue weighted by molar-refractivity contribution is 0.529. The smallest absolute Gasteiger partial charge is 0.123 e. The Labute approximate surface area is 93.5 Å². The monoisotopic (exact) mass is 300 g/mol. The Morgan fingerprint density at radius 3 is 2.54 bits per heavy atom. The van der Waals surface area contributed by atoms with Crippen LogP contribution in [0.15, 0.2) is 9.41 Å². The maximum atomic E-state index is 13.3. The fraction of sp³-hybridized carbons (Fsp3) is 0.778. The van der Waals surface area contributed by atoms with E-state index >= 15 is 0 Å². The zero-order valence-electron chi connectivity index (χ0n) is 8.45. The van der Waals surface area contributed by atoms with Gasteiger partial charge in [0.05, 0.1) is 0 Å². The van der Waals surface area contributed by atoms with Gasteiger partial charge in [-0.2, -0.15) is 0 Å². The van der Waals surface area contributed by atoms with Crippen LogP contribution in [0.3, 0.4) is 0 Å². The van der Waals surface area contributed by atoms with Crippen LogP contribution in [0.5, 0.6) is 0 Å². The first-order chi connectivity index (χ1) is 6.07. The third-order valence-electron chi connectivity index (χ3n) is 1.55. The lowest BCUT2D eigenvalue weighted by atomic mass is 10.3. The van der Waals surface area contributed by atoms with Crippen LogP contribution in [0.2, 0.25) is 0 Å². The summed E-state index contributed by atoms with van der Waals surface area (Å²) in [6.07, 6.45) is 0.767. The average Bonchev–Trinajstić information content (AvgIpc) is 2.10. The van der Waals surface area contributed by atoms with E-state index in [1.54, 1.807) is 0 Å². The second-order valence-electron chi connectivity index (χ2n) is 3.20. The van der Waals surface area contributed by atoms with Gasteiger partial charge in [0.2, 0.25) is 0 Å². The Hall–Kier alpha value is 0.320. The van der Waals surface area contributed by atoms with Crippen molar-refractivity contribution < 1.29 is 4.39 Å². The van der Waals surface area contributed by atoms with Gasteiger partial charge in [-0.3, -0.25) is 0 Å². The van der Waals surface area contributed by atoms with Gasteiger partial charge in [-0.25, -0.2) is 4.39 Å². The minimum Gasteiger partial charge on any atom is -0.319 e. The maximum absolute atomic E-state index is 13.3. The number of halogens is 2. The topological polar surface area (TPSA) is 24.1 Å². The van der Waals surface area contributed by atoms with Crippen molar-refractivity contribution in [2.75, 3.05) is 20.1 Å². The lowest BCUT2D eigenvalue weighted by Gasteiger charge is -2.07. The highest BCUT2D eigenvalue weighted by atomic mass is 127. The van der Waals surface area contributed by atoms with Gasteiger partial charge in [-0.05, 0) is 42.6 Å².